The summed E-state index contributed by atoms with van der Waals surface area (Å²) in [5, 5.41) is 10.8. The first-order valence-corrected chi connectivity index (χ1v) is 10.7. The van der Waals surface area contributed by atoms with Crippen LogP contribution < -0.4 is 0 Å². The molecule has 1 fully saturated rings. The molecule has 0 amide bonds. The van der Waals surface area contributed by atoms with Crippen LogP contribution in [0, 0.1) is 11.7 Å². The van der Waals surface area contributed by atoms with Gasteiger partial charge in [-0.25, -0.2) is 4.39 Å². The maximum atomic E-state index is 14.0. The molecule has 0 saturated heterocycles. The first-order valence-electron chi connectivity index (χ1n) is 10.7. The monoisotopic (exact) mass is 376 g/mol. The quantitative estimate of drug-likeness (QED) is 0.481. The Morgan fingerprint density at radius 1 is 0.893 bits per heavy atom. The highest BCUT2D eigenvalue weighted by Crippen LogP contribution is 2.38. The van der Waals surface area contributed by atoms with Crippen LogP contribution in [0.1, 0.15) is 63.4 Å². The fraction of sp³-hybridized carbons (Fsp3) is 0.385. The van der Waals surface area contributed by atoms with E-state index in [-0.39, 0.29) is 5.75 Å². The summed E-state index contributed by atoms with van der Waals surface area (Å²) < 4.78 is 14.0. The zero-order valence-electron chi connectivity index (χ0n) is 16.6. The van der Waals surface area contributed by atoms with E-state index in [2.05, 4.69) is 31.2 Å². The zero-order chi connectivity index (χ0) is 19.5. The molecule has 0 radical (unpaired) electrons. The van der Waals surface area contributed by atoms with Crippen LogP contribution in [0.2, 0.25) is 0 Å². The molecule has 1 N–H and O–H groups in total. The molecule has 4 rings (SSSR count). The number of fused-ring (bicyclic) bond motifs is 1. The Morgan fingerprint density at radius 2 is 1.61 bits per heavy atom. The van der Waals surface area contributed by atoms with E-state index in [1.165, 1.54) is 56.6 Å². The molecule has 0 atom stereocenters. The van der Waals surface area contributed by atoms with Gasteiger partial charge in [0.05, 0.1) is 0 Å². The highest BCUT2D eigenvalue weighted by Gasteiger charge is 2.22. The lowest BCUT2D eigenvalue weighted by Gasteiger charge is -2.29. The van der Waals surface area contributed by atoms with Gasteiger partial charge in [-0.3, -0.25) is 0 Å². The molecule has 0 aliphatic heterocycles. The summed E-state index contributed by atoms with van der Waals surface area (Å²) in [6.45, 7) is 2.28. The summed E-state index contributed by atoms with van der Waals surface area (Å²) in [4.78, 5) is 0. The van der Waals surface area contributed by atoms with E-state index in [1.807, 2.05) is 12.1 Å². The van der Waals surface area contributed by atoms with Gasteiger partial charge < -0.3 is 5.11 Å². The van der Waals surface area contributed by atoms with Gasteiger partial charge in [-0.15, -0.1) is 0 Å². The molecule has 0 bridgehead atoms. The maximum absolute atomic E-state index is 14.0. The minimum absolute atomic E-state index is 0.297. The maximum Gasteiger partial charge on any atom is 0.172 e. The van der Waals surface area contributed by atoms with Crippen molar-refractivity contribution in [3.8, 4) is 16.9 Å². The fourth-order valence-corrected chi connectivity index (χ4v) is 4.68. The van der Waals surface area contributed by atoms with Crippen molar-refractivity contribution < 1.29 is 9.50 Å². The van der Waals surface area contributed by atoms with Crippen LogP contribution >= 0.6 is 0 Å². The Balaban J connectivity index is 1.48. The third-order valence-electron chi connectivity index (χ3n) is 6.46. The number of aromatic hydroxyl groups is 1. The average Bonchev–Trinajstić information content (AvgIpc) is 2.75. The Bertz CT molecular complexity index is 937. The number of phenols is 1. The van der Waals surface area contributed by atoms with Gasteiger partial charge in [-0.2, -0.15) is 0 Å². The molecule has 1 aliphatic rings. The van der Waals surface area contributed by atoms with Gasteiger partial charge in [0, 0.05) is 5.39 Å². The van der Waals surface area contributed by atoms with E-state index in [0.717, 1.165) is 22.4 Å². The van der Waals surface area contributed by atoms with Crippen LogP contribution in [0.4, 0.5) is 4.39 Å². The summed E-state index contributed by atoms with van der Waals surface area (Å²) in [7, 11) is 0. The van der Waals surface area contributed by atoms with Gasteiger partial charge in [0.2, 0.25) is 0 Å². The largest absolute Gasteiger partial charge is 0.505 e. The first kappa shape index (κ1) is 19.0. The van der Waals surface area contributed by atoms with Crippen LogP contribution in [0.15, 0.2) is 54.6 Å². The highest BCUT2D eigenvalue weighted by molar-refractivity contribution is 5.89. The molecule has 28 heavy (non-hydrogen) atoms. The van der Waals surface area contributed by atoms with Crippen molar-refractivity contribution in [3.05, 3.63) is 66.0 Å². The van der Waals surface area contributed by atoms with E-state index in [1.54, 1.807) is 12.1 Å². The van der Waals surface area contributed by atoms with Crippen molar-refractivity contribution in [3.63, 3.8) is 0 Å². The third kappa shape index (κ3) is 3.92. The zero-order valence-corrected chi connectivity index (χ0v) is 16.6. The first-order chi connectivity index (χ1) is 13.7. The molecule has 0 unspecified atom stereocenters. The standard InChI is InChI=1S/C26H29FO/c1-2-3-4-18-5-7-19(8-6-18)20-9-11-21(12-10-20)22-13-15-24-23(17-22)14-16-25(28)26(24)27/h9-19,28H,2-8H2,1H3. The van der Waals surface area contributed by atoms with Crippen LogP contribution in [0.25, 0.3) is 21.9 Å². The molecule has 1 saturated carbocycles. The predicted octanol–water partition coefficient (Wildman–Crippen LogP) is 7.82. The lowest BCUT2D eigenvalue weighted by Crippen LogP contribution is -2.13. The van der Waals surface area contributed by atoms with Gasteiger partial charge >= 0.3 is 0 Å². The Labute approximate surface area is 167 Å². The topological polar surface area (TPSA) is 20.2 Å². The Morgan fingerprint density at radius 3 is 2.32 bits per heavy atom. The molecular formula is C26H29FO. The van der Waals surface area contributed by atoms with Gasteiger partial charge in [-0.05, 0) is 71.7 Å². The second-order valence-electron chi connectivity index (χ2n) is 8.32. The number of hydrogen-bond donors (Lipinski definition) is 1. The number of rotatable bonds is 5. The number of hydrogen-bond acceptors (Lipinski definition) is 1. The van der Waals surface area contributed by atoms with E-state index >= 15 is 0 Å². The molecule has 1 nitrogen and oxygen atoms in total. The Hall–Kier alpha value is -2.35. The molecule has 0 heterocycles. The SMILES string of the molecule is CCCCC1CCC(c2ccc(-c3ccc4c(F)c(O)ccc4c3)cc2)CC1. The molecule has 1 aliphatic carbocycles. The van der Waals surface area contributed by atoms with Crippen LogP contribution in [-0.4, -0.2) is 5.11 Å². The minimum atomic E-state index is -0.547. The smallest absolute Gasteiger partial charge is 0.172 e. The van der Waals surface area contributed by atoms with Gasteiger partial charge in [0.15, 0.2) is 11.6 Å². The molecule has 3 aromatic carbocycles. The lowest BCUT2D eigenvalue weighted by atomic mass is 9.77. The van der Waals surface area contributed by atoms with E-state index in [0.29, 0.717) is 11.3 Å². The van der Waals surface area contributed by atoms with E-state index in [4.69, 9.17) is 0 Å². The van der Waals surface area contributed by atoms with Crippen LogP contribution in [0.5, 0.6) is 5.75 Å². The van der Waals surface area contributed by atoms with Crippen molar-refractivity contribution >= 4 is 10.8 Å². The summed E-state index contributed by atoms with van der Waals surface area (Å²) >= 11 is 0. The number of phenolic OH excluding ortho intramolecular Hbond substituents is 1. The molecule has 146 valence electrons. The molecular weight excluding hydrogens is 347 g/mol. The van der Waals surface area contributed by atoms with Gasteiger partial charge in [-0.1, -0.05) is 68.7 Å². The van der Waals surface area contributed by atoms with Crippen molar-refractivity contribution in [2.24, 2.45) is 5.92 Å². The number of halogens is 1. The van der Waals surface area contributed by atoms with Crippen LogP contribution in [-0.2, 0) is 0 Å². The summed E-state index contributed by atoms with van der Waals surface area (Å²) in [6, 6.07) is 17.8. The predicted molar refractivity (Wildman–Crippen MR) is 115 cm³/mol. The number of benzene rings is 3. The lowest BCUT2D eigenvalue weighted by molar-refractivity contribution is 0.304. The molecule has 2 heteroatoms. The average molecular weight is 377 g/mol. The minimum Gasteiger partial charge on any atom is -0.505 e. The van der Waals surface area contributed by atoms with E-state index in [9.17, 15) is 9.50 Å². The second-order valence-corrected chi connectivity index (χ2v) is 8.32. The van der Waals surface area contributed by atoms with Crippen molar-refractivity contribution in [1.29, 1.82) is 0 Å². The molecule has 3 aromatic rings. The van der Waals surface area contributed by atoms with E-state index < -0.39 is 5.82 Å². The molecule has 0 aromatic heterocycles. The summed E-state index contributed by atoms with van der Waals surface area (Å²) in [6.07, 6.45) is 9.45. The summed E-state index contributed by atoms with van der Waals surface area (Å²) in [5.74, 6) is 0.788. The third-order valence-corrected chi connectivity index (χ3v) is 6.46. The number of unbranched alkanes of at least 4 members (excludes halogenated alkanes) is 1. The highest BCUT2D eigenvalue weighted by atomic mass is 19.1. The van der Waals surface area contributed by atoms with Gasteiger partial charge in [0.25, 0.3) is 0 Å². The molecule has 0 spiro atoms. The second kappa shape index (κ2) is 8.34. The Kier molecular flexibility index (Phi) is 5.66. The van der Waals surface area contributed by atoms with Crippen molar-refractivity contribution in [2.75, 3.05) is 0 Å². The van der Waals surface area contributed by atoms with Gasteiger partial charge in [0.1, 0.15) is 0 Å². The van der Waals surface area contributed by atoms with Crippen molar-refractivity contribution in [2.45, 2.75) is 57.8 Å². The van der Waals surface area contributed by atoms with Crippen molar-refractivity contribution in [1.82, 2.24) is 0 Å². The van der Waals surface area contributed by atoms with Crippen LogP contribution in [0.3, 0.4) is 0 Å². The summed E-state index contributed by atoms with van der Waals surface area (Å²) in [5.41, 5.74) is 3.68. The normalized spacial score (nSPS) is 19.8. The fourth-order valence-electron chi connectivity index (χ4n) is 4.68.